The maximum absolute atomic E-state index is 0. The van der Waals surface area contributed by atoms with Crippen molar-refractivity contribution in [3.63, 3.8) is 0 Å². The monoisotopic (exact) mass is 600 g/mol. The minimum absolute atomic E-state index is 0. The molecule has 0 aromatic heterocycles. The van der Waals surface area contributed by atoms with E-state index >= 15 is 0 Å². The van der Waals surface area contributed by atoms with E-state index in [1.807, 2.05) is 0 Å². The predicted molar refractivity (Wildman–Crippen MR) is 21.4 cm³/mol. The molecular weight excluding hydrogens is 600 g/mol. The summed E-state index contributed by atoms with van der Waals surface area (Å²) in [6.07, 6.45) is 0. The van der Waals surface area contributed by atoms with E-state index in [0.29, 0.717) is 0 Å². The Bertz CT molecular complexity index is 9.61. The second kappa shape index (κ2) is 24.7. The van der Waals surface area contributed by atoms with Crippen LogP contribution in [0.25, 0.3) is 0 Å². The van der Waals surface area contributed by atoms with Crippen molar-refractivity contribution < 1.29 is 43.3 Å². The van der Waals surface area contributed by atoms with E-state index < -0.39 is 0 Å². The number of hydrogen-bond donors (Lipinski definition) is 0. The van der Waals surface area contributed by atoms with Crippen molar-refractivity contribution in [1.82, 2.24) is 0 Å². The summed E-state index contributed by atoms with van der Waals surface area (Å²) in [5.41, 5.74) is 0. The number of hydrogen-bond acceptors (Lipinski definition) is 0. The molecule has 0 aliphatic carbocycles. The minimum atomic E-state index is 0. The zero-order chi connectivity index (χ0) is 0. The van der Waals surface area contributed by atoms with E-state index in [1.165, 1.54) is 0 Å². The van der Waals surface area contributed by atoms with Crippen LogP contribution in [0.2, 0.25) is 0 Å². The van der Waals surface area contributed by atoms with Gasteiger partial charge in [-0.3, -0.25) is 0 Å². The molecule has 0 saturated heterocycles. The van der Waals surface area contributed by atoms with Crippen molar-refractivity contribution in [3.05, 3.63) is 0 Å². The van der Waals surface area contributed by atoms with Gasteiger partial charge in [0.15, 0.2) is 0 Å². The van der Waals surface area contributed by atoms with Gasteiger partial charge in [0, 0.05) is 92.1 Å². The van der Waals surface area contributed by atoms with Gasteiger partial charge in [-0.25, -0.2) is 0 Å². The molecule has 0 rings (SSSR count). The molecule has 0 aromatic rings. The van der Waals surface area contributed by atoms with E-state index in [4.69, 9.17) is 0 Å². The van der Waals surface area contributed by atoms with Gasteiger partial charge in [-0.05, 0) is 0 Å². The molecule has 0 atom stereocenters. The Morgan fingerprint density at radius 2 is 0.800 bits per heavy atom. The molecule has 0 saturated carbocycles. The SMILES string of the molecule is [BiH3].[Fe].[Sb].[Sb].[Zr]. The molecule has 0 fully saturated rings. The maximum Gasteiger partial charge on any atom is 0 e. The van der Waals surface area contributed by atoms with Crippen molar-refractivity contribution in [2.75, 3.05) is 0 Å². The average molecular weight is 603 g/mol. The molecule has 5 heteroatoms. The van der Waals surface area contributed by atoms with Crippen LogP contribution in [0.15, 0.2) is 0 Å². The van der Waals surface area contributed by atoms with Gasteiger partial charge in [0.05, 0.1) is 0 Å². The van der Waals surface area contributed by atoms with Crippen LogP contribution in [0.1, 0.15) is 0 Å². The van der Waals surface area contributed by atoms with Gasteiger partial charge < -0.3 is 0 Å². The van der Waals surface area contributed by atoms with Crippen molar-refractivity contribution in [2.45, 2.75) is 0 Å². The largest absolute Gasteiger partial charge is 0 e. The molecule has 0 bridgehead atoms. The Balaban J connectivity index is 0. The first-order chi connectivity index (χ1) is 0. The Kier molecular flexibility index (Phi) is 180. The molecule has 0 spiro atoms. The maximum atomic E-state index is 0. The molecule has 6 radical (unpaired) electrons. The third-order valence-electron chi connectivity index (χ3n) is 0. The average Bonchev–Trinajstić information content (AvgIpc) is 0. The standard InChI is InChI=1S/Bi.Fe.2Sb.Zr.3H. The van der Waals surface area contributed by atoms with Crippen molar-refractivity contribution in [1.29, 1.82) is 0 Å². The normalized spacial score (nSPS) is 0. The Labute approximate surface area is 116 Å². The molecular formula is H3BiFeSb2Zr. The van der Waals surface area contributed by atoms with E-state index in [2.05, 4.69) is 0 Å². The van der Waals surface area contributed by atoms with Gasteiger partial charge >= 0.3 is 26.2 Å². The molecule has 5 heavy (non-hydrogen) atoms. The smallest absolute Gasteiger partial charge is 0 e. The molecule has 0 aromatic carbocycles. The fraction of sp³-hybridized carbons (Fsp3) is 0. The van der Waals surface area contributed by atoms with Gasteiger partial charge in [0.25, 0.3) is 0 Å². The molecule has 0 aliphatic rings. The minimum Gasteiger partial charge on any atom is 0 e. The Morgan fingerprint density at radius 3 is 0.800 bits per heavy atom. The summed E-state index contributed by atoms with van der Waals surface area (Å²) >= 11 is 0. The van der Waals surface area contributed by atoms with Gasteiger partial charge in [-0.2, -0.15) is 0 Å². The van der Waals surface area contributed by atoms with Crippen LogP contribution in [-0.4, -0.2) is 75.1 Å². The summed E-state index contributed by atoms with van der Waals surface area (Å²) in [5, 5.41) is 0. The molecule has 0 amide bonds. The topological polar surface area (TPSA) is 0 Å². The van der Waals surface area contributed by atoms with Gasteiger partial charge in [-0.1, -0.05) is 0 Å². The fourth-order valence-corrected chi connectivity index (χ4v) is 0. The second-order valence-corrected chi connectivity index (χ2v) is 0. The van der Waals surface area contributed by atoms with Crippen LogP contribution in [0.5, 0.6) is 0 Å². The third kappa shape index (κ3) is 18.1. The molecule has 0 nitrogen and oxygen atoms in total. The zero-order valence-electron chi connectivity index (χ0n) is 2.46. The third-order valence-corrected chi connectivity index (χ3v) is 0. The summed E-state index contributed by atoms with van der Waals surface area (Å²) in [5.74, 6) is 0. The molecule has 0 N–H and O–H groups in total. The summed E-state index contributed by atoms with van der Waals surface area (Å²) in [6, 6.07) is 0. The summed E-state index contributed by atoms with van der Waals surface area (Å²) in [6.45, 7) is 0. The van der Waals surface area contributed by atoms with E-state index in [9.17, 15) is 0 Å². The molecule has 30 valence electrons. The summed E-state index contributed by atoms with van der Waals surface area (Å²) < 4.78 is 0. The summed E-state index contributed by atoms with van der Waals surface area (Å²) in [7, 11) is 0. The quantitative estimate of drug-likeness (QED) is 0.283. The predicted octanol–water partition coefficient (Wildman–Crippen LogP) is -1.95. The van der Waals surface area contributed by atoms with Gasteiger partial charge in [0.2, 0.25) is 0 Å². The van der Waals surface area contributed by atoms with Crippen LogP contribution < -0.4 is 0 Å². The van der Waals surface area contributed by atoms with Gasteiger partial charge in [-0.15, -0.1) is 0 Å². The molecule has 0 aliphatic heterocycles. The molecule has 0 unspecified atom stereocenters. The fourth-order valence-electron chi connectivity index (χ4n) is 0. The van der Waals surface area contributed by atoms with E-state index in [0.717, 1.165) is 0 Å². The van der Waals surface area contributed by atoms with Crippen LogP contribution in [0.4, 0.5) is 0 Å². The van der Waals surface area contributed by atoms with Crippen molar-refractivity contribution >= 4 is 75.1 Å². The molecule has 0 heterocycles. The van der Waals surface area contributed by atoms with Crippen LogP contribution in [0.3, 0.4) is 0 Å². The first-order valence-electron chi connectivity index (χ1n) is 0. The first-order valence-corrected chi connectivity index (χ1v) is 0. The second-order valence-electron chi connectivity index (χ2n) is 0. The van der Waals surface area contributed by atoms with Crippen molar-refractivity contribution in [2.24, 2.45) is 0 Å². The van der Waals surface area contributed by atoms with E-state index in [1.54, 1.807) is 0 Å². The van der Waals surface area contributed by atoms with E-state index in [-0.39, 0.29) is 118 Å². The zero-order valence-corrected chi connectivity index (χ0v) is 16.6. The van der Waals surface area contributed by atoms with Crippen LogP contribution >= 0.6 is 0 Å². The van der Waals surface area contributed by atoms with Crippen LogP contribution in [-0.2, 0) is 43.3 Å². The number of rotatable bonds is 0. The van der Waals surface area contributed by atoms with Crippen molar-refractivity contribution in [3.8, 4) is 0 Å². The Hall–Kier alpha value is 3.92. The Morgan fingerprint density at radius 1 is 0.800 bits per heavy atom. The van der Waals surface area contributed by atoms with Gasteiger partial charge in [0.1, 0.15) is 0 Å². The van der Waals surface area contributed by atoms with Crippen LogP contribution in [0, 0.1) is 0 Å². The first kappa shape index (κ1) is 36.4. The summed E-state index contributed by atoms with van der Waals surface area (Å²) in [4.78, 5) is 0.